The highest BCUT2D eigenvalue weighted by Crippen LogP contribution is 2.17. The van der Waals surface area contributed by atoms with Gasteiger partial charge in [-0.1, -0.05) is 38.8 Å². The van der Waals surface area contributed by atoms with Gasteiger partial charge in [0, 0.05) is 0 Å². The zero-order valence-corrected chi connectivity index (χ0v) is 11.9. The summed E-state index contributed by atoms with van der Waals surface area (Å²) < 4.78 is 5.12. The van der Waals surface area contributed by atoms with E-state index in [1.807, 2.05) is 12.1 Å². The van der Waals surface area contributed by atoms with Gasteiger partial charge in [-0.2, -0.15) is 0 Å². The third-order valence-corrected chi connectivity index (χ3v) is 3.38. The number of hydrogen-bond donors (Lipinski definition) is 1. The number of hydrogen-bond acceptors (Lipinski definition) is 2. The van der Waals surface area contributed by atoms with E-state index in [9.17, 15) is 5.11 Å². The minimum atomic E-state index is -0.173. The van der Waals surface area contributed by atoms with Gasteiger partial charge in [0.2, 0.25) is 0 Å². The van der Waals surface area contributed by atoms with Gasteiger partial charge in [-0.3, -0.25) is 0 Å². The summed E-state index contributed by atoms with van der Waals surface area (Å²) in [6, 6.07) is 8.09. The van der Waals surface area contributed by atoms with Crippen LogP contribution in [0.1, 0.15) is 45.1 Å². The molecular weight excluding hydrogens is 224 g/mol. The maximum atomic E-state index is 9.98. The van der Waals surface area contributed by atoms with Crippen LogP contribution in [0.2, 0.25) is 0 Å². The molecule has 2 atom stereocenters. The lowest BCUT2D eigenvalue weighted by atomic mass is 9.95. The Morgan fingerprint density at radius 2 is 1.83 bits per heavy atom. The van der Waals surface area contributed by atoms with E-state index in [4.69, 9.17) is 4.74 Å². The largest absolute Gasteiger partial charge is 0.497 e. The van der Waals surface area contributed by atoms with Gasteiger partial charge in [0.1, 0.15) is 5.75 Å². The van der Waals surface area contributed by atoms with Crippen molar-refractivity contribution in [1.82, 2.24) is 0 Å². The van der Waals surface area contributed by atoms with Gasteiger partial charge >= 0.3 is 0 Å². The van der Waals surface area contributed by atoms with E-state index in [0.29, 0.717) is 5.92 Å². The Hall–Kier alpha value is -1.02. The fourth-order valence-corrected chi connectivity index (χ4v) is 2.32. The third kappa shape index (κ3) is 5.54. The zero-order valence-electron chi connectivity index (χ0n) is 11.9. The molecule has 2 unspecified atom stereocenters. The van der Waals surface area contributed by atoms with Crippen LogP contribution in [0.4, 0.5) is 0 Å². The van der Waals surface area contributed by atoms with Crippen LogP contribution in [-0.2, 0) is 6.42 Å². The van der Waals surface area contributed by atoms with Crippen molar-refractivity contribution >= 4 is 0 Å². The summed E-state index contributed by atoms with van der Waals surface area (Å²) in [4.78, 5) is 0. The van der Waals surface area contributed by atoms with Gasteiger partial charge in [-0.05, 0) is 42.9 Å². The van der Waals surface area contributed by atoms with Crippen molar-refractivity contribution in [3.63, 3.8) is 0 Å². The van der Waals surface area contributed by atoms with Gasteiger partial charge in [0.05, 0.1) is 13.2 Å². The van der Waals surface area contributed by atoms with Gasteiger partial charge in [-0.25, -0.2) is 0 Å². The zero-order chi connectivity index (χ0) is 13.4. The minimum Gasteiger partial charge on any atom is -0.497 e. The second-order valence-corrected chi connectivity index (χ2v) is 5.17. The van der Waals surface area contributed by atoms with Crippen LogP contribution in [0.25, 0.3) is 0 Å². The molecule has 0 aliphatic carbocycles. The van der Waals surface area contributed by atoms with Crippen LogP contribution in [-0.4, -0.2) is 18.3 Å². The van der Waals surface area contributed by atoms with E-state index in [0.717, 1.165) is 25.0 Å². The molecule has 102 valence electrons. The Morgan fingerprint density at radius 3 is 2.39 bits per heavy atom. The van der Waals surface area contributed by atoms with E-state index >= 15 is 0 Å². The van der Waals surface area contributed by atoms with Crippen LogP contribution in [0, 0.1) is 5.92 Å². The van der Waals surface area contributed by atoms with Crippen molar-refractivity contribution < 1.29 is 9.84 Å². The third-order valence-electron chi connectivity index (χ3n) is 3.38. The Balaban J connectivity index is 2.30. The fourth-order valence-electron chi connectivity index (χ4n) is 2.32. The average molecular weight is 250 g/mol. The first kappa shape index (κ1) is 15.0. The molecule has 18 heavy (non-hydrogen) atoms. The number of aliphatic hydroxyl groups is 1. The molecule has 0 fully saturated rings. The minimum absolute atomic E-state index is 0.173. The van der Waals surface area contributed by atoms with Crippen molar-refractivity contribution in [3.05, 3.63) is 29.8 Å². The molecule has 0 saturated carbocycles. The number of methoxy groups -OCH3 is 1. The van der Waals surface area contributed by atoms with Crippen LogP contribution in [0.3, 0.4) is 0 Å². The molecule has 0 aromatic heterocycles. The lowest BCUT2D eigenvalue weighted by Gasteiger charge is -2.15. The molecule has 2 nitrogen and oxygen atoms in total. The molecule has 2 heteroatoms. The fraction of sp³-hybridized carbons (Fsp3) is 0.625. The van der Waals surface area contributed by atoms with Gasteiger partial charge < -0.3 is 9.84 Å². The molecule has 0 aliphatic heterocycles. The monoisotopic (exact) mass is 250 g/mol. The predicted octanol–water partition coefficient (Wildman–Crippen LogP) is 3.82. The summed E-state index contributed by atoms with van der Waals surface area (Å²) in [7, 11) is 1.67. The smallest absolute Gasteiger partial charge is 0.118 e. The van der Waals surface area contributed by atoms with E-state index in [1.54, 1.807) is 7.11 Å². The average Bonchev–Trinajstić information content (AvgIpc) is 2.37. The highest BCUT2D eigenvalue weighted by molar-refractivity contribution is 5.27. The van der Waals surface area contributed by atoms with Gasteiger partial charge in [0.25, 0.3) is 0 Å². The maximum Gasteiger partial charge on any atom is 0.118 e. The molecule has 1 aromatic carbocycles. The molecule has 0 aliphatic rings. The normalized spacial score (nSPS) is 14.2. The highest BCUT2D eigenvalue weighted by Gasteiger charge is 2.09. The molecule has 0 radical (unpaired) electrons. The molecule has 1 aromatic rings. The lowest BCUT2D eigenvalue weighted by molar-refractivity contribution is 0.134. The summed E-state index contributed by atoms with van der Waals surface area (Å²) in [5, 5.41) is 9.98. The maximum absolute atomic E-state index is 9.98. The molecule has 1 N–H and O–H groups in total. The number of ether oxygens (including phenoxy) is 1. The second-order valence-electron chi connectivity index (χ2n) is 5.17. The summed E-state index contributed by atoms with van der Waals surface area (Å²) in [5.74, 6) is 1.51. The first-order valence-corrected chi connectivity index (χ1v) is 6.96. The molecule has 0 heterocycles. The Kier molecular flexibility index (Phi) is 6.81. The molecule has 0 saturated heterocycles. The van der Waals surface area contributed by atoms with Crippen molar-refractivity contribution in [2.45, 2.75) is 52.1 Å². The van der Waals surface area contributed by atoms with Crippen molar-refractivity contribution in [2.75, 3.05) is 7.11 Å². The van der Waals surface area contributed by atoms with Crippen LogP contribution < -0.4 is 4.74 Å². The predicted molar refractivity (Wildman–Crippen MR) is 76.0 cm³/mol. The quantitative estimate of drug-likeness (QED) is 0.760. The molecule has 1 rings (SSSR count). The molecule has 0 bridgehead atoms. The Morgan fingerprint density at radius 1 is 1.17 bits per heavy atom. The van der Waals surface area contributed by atoms with Crippen LogP contribution >= 0.6 is 0 Å². The van der Waals surface area contributed by atoms with E-state index < -0.39 is 0 Å². The van der Waals surface area contributed by atoms with E-state index in [2.05, 4.69) is 26.0 Å². The lowest BCUT2D eigenvalue weighted by Crippen LogP contribution is -2.12. The van der Waals surface area contributed by atoms with Crippen molar-refractivity contribution in [1.29, 1.82) is 0 Å². The Bertz CT molecular complexity index is 318. The number of rotatable bonds is 8. The molecular formula is C16H26O2. The van der Waals surface area contributed by atoms with Crippen molar-refractivity contribution in [2.24, 2.45) is 5.92 Å². The van der Waals surface area contributed by atoms with E-state index in [-0.39, 0.29) is 6.10 Å². The topological polar surface area (TPSA) is 29.5 Å². The van der Waals surface area contributed by atoms with E-state index in [1.165, 1.54) is 18.4 Å². The van der Waals surface area contributed by atoms with Crippen LogP contribution in [0.5, 0.6) is 5.75 Å². The number of aliphatic hydroxyl groups excluding tert-OH is 1. The van der Waals surface area contributed by atoms with Gasteiger partial charge in [0.15, 0.2) is 0 Å². The summed E-state index contributed by atoms with van der Waals surface area (Å²) >= 11 is 0. The SMILES string of the molecule is CCCC(C)CC(O)CCc1ccc(OC)cc1. The summed E-state index contributed by atoms with van der Waals surface area (Å²) in [5.41, 5.74) is 1.26. The van der Waals surface area contributed by atoms with Crippen LogP contribution in [0.15, 0.2) is 24.3 Å². The van der Waals surface area contributed by atoms with Crippen molar-refractivity contribution in [3.8, 4) is 5.75 Å². The second kappa shape index (κ2) is 8.15. The first-order valence-electron chi connectivity index (χ1n) is 6.96. The number of benzene rings is 1. The first-order chi connectivity index (χ1) is 8.65. The standard InChI is InChI=1S/C16H26O2/c1-4-5-13(2)12-15(17)9-6-14-7-10-16(18-3)11-8-14/h7-8,10-11,13,15,17H,4-6,9,12H2,1-3H3. The molecule has 0 spiro atoms. The Labute approximate surface area is 111 Å². The van der Waals surface area contributed by atoms with Gasteiger partial charge in [-0.15, -0.1) is 0 Å². The number of aryl methyl sites for hydroxylation is 1. The molecule has 0 amide bonds. The summed E-state index contributed by atoms with van der Waals surface area (Å²) in [6.45, 7) is 4.42. The highest BCUT2D eigenvalue weighted by atomic mass is 16.5. The summed E-state index contributed by atoms with van der Waals surface area (Å²) in [6.07, 6.45) is 4.94.